The molecule has 0 N–H and O–H groups in total. The van der Waals surface area contributed by atoms with Gasteiger partial charge in [0.25, 0.3) is 0 Å². The molecule has 1 atom stereocenters. The van der Waals surface area contributed by atoms with Gasteiger partial charge in [-0.2, -0.15) is 0 Å². The molecule has 1 aromatic heterocycles. The van der Waals surface area contributed by atoms with Crippen LogP contribution in [0.15, 0.2) is 17.6 Å². The molecule has 0 amide bonds. The quantitative estimate of drug-likeness (QED) is 0.554. The molecule has 0 spiro atoms. The molecule has 0 aliphatic carbocycles. The van der Waals surface area contributed by atoms with E-state index in [9.17, 15) is 0 Å². The maximum absolute atomic E-state index is 5.68. The Kier molecular flexibility index (Phi) is 5.41. The molecule has 0 aromatic carbocycles. The second-order valence-corrected chi connectivity index (χ2v) is 4.98. The molecule has 1 heterocycles. The molecule has 0 aliphatic rings. The van der Waals surface area contributed by atoms with Crippen LogP contribution in [-0.2, 0) is 7.05 Å². The summed E-state index contributed by atoms with van der Waals surface area (Å²) in [5.74, 6) is 2.62. The molecule has 0 saturated heterocycles. The van der Waals surface area contributed by atoms with E-state index in [1.165, 1.54) is 6.42 Å². The SMILES string of the molecule is CC(CCCl)CCSc1nccn1C. The summed E-state index contributed by atoms with van der Waals surface area (Å²) in [6.07, 6.45) is 6.14. The summed E-state index contributed by atoms with van der Waals surface area (Å²) in [6, 6.07) is 0. The van der Waals surface area contributed by atoms with Crippen LogP contribution in [0, 0.1) is 5.92 Å². The molecule has 14 heavy (non-hydrogen) atoms. The highest BCUT2D eigenvalue weighted by Crippen LogP contribution is 2.19. The summed E-state index contributed by atoms with van der Waals surface area (Å²) in [6.45, 7) is 2.25. The van der Waals surface area contributed by atoms with Crippen molar-refractivity contribution in [2.45, 2.75) is 24.9 Å². The predicted octanol–water partition coefficient (Wildman–Crippen LogP) is 3.17. The van der Waals surface area contributed by atoms with Crippen LogP contribution in [0.5, 0.6) is 0 Å². The Balaban J connectivity index is 2.19. The van der Waals surface area contributed by atoms with Gasteiger partial charge in [0.15, 0.2) is 5.16 Å². The third-order valence-electron chi connectivity index (χ3n) is 2.22. The maximum atomic E-state index is 5.68. The summed E-state index contributed by atoms with van der Waals surface area (Å²) in [7, 11) is 2.03. The second-order valence-electron chi connectivity index (χ2n) is 3.54. The Hall–Kier alpha value is -0.150. The Morgan fingerprint density at radius 2 is 2.36 bits per heavy atom. The van der Waals surface area contributed by atoms with E-state index in [2.05, 4.69) is 16.5 Å². The van der Waals surface area contributed by atoms with Gasteiger partial charge in [0.2, 0.25) is 0 Å². The summed E-state index contributed by atoms with van der Waals surface area (Å²) in [4.78, 5) is 4.26. The minimum atomic E-state index is 0.722. The molecule has 0 aliphatic heterocycles. The molecular formula is C10H17ClN2S. The highest BCUT2D eigenvalue weighted by molar-refractivity contribution is 7.99. The van der Waals surface area contributed by atoms with Crippen LogP contribution in [0.2, 0.25) is 0 Å². The van der Waals surface area contributed by atoms with E-state index in [0.717, 1.165) is 29.1 Å². The van der Waals surface area contributed by atoms with Crippen molar-refractivity contribution in [3.63, 3.8) is 0 Å². The highest BCUT2D eigenvalue weighted by Gasteiger charge is 2.03. The van der Waals surface area contributed by atoms with Crippen molar-refractivity contribution in [3.8, 4) is 0 Å². The molecule has 4 heteroatoms. The normalized spacial score (nSPS) is 13.1. The lowest BCUT2D eigenvalue weighted by molar-refractivity contribution is 0.551. The Morgan fingerprint density at radius 3 is 2.93 bits per heavy atom. The Morgan fingerprint density at radius 1 is 1.57 bits per heavy atom. The Bertz CT molecular complexity index is 262. The van der Waals surface area contributed by atoms with Crippen LogP contribution >= 0.6 is 23.4 Å². The summed E-state index contributed by atoms with van der Waals surface area (Å²) < 4.78 is 2.05. The molecule has 1 rings (SSSR count). The van der Waals surface area contributed by atoms with Crippen LogP contribution < -0.4 is 0 Å². The maximum Gasteiger partial charge on any atom is 0.167 e. The summed E-state index contributed by atoms with van der Waals surface area (Å²) in [5, 5.41) is 1.10. The molecule has 0 radical (unpaired) electrons. The largest absolute Gasteiger partial charge is 0.329 e. The second kappa shape index (κ2) is 6.36. The standard InChI is InChI=1S/C10H17ClN2S/c1-9(3-5-11)4-8-14-10-12-6-7-13(10)2/h6-7,9H,3-5,8H2,1-2H3. The number of aromatic nitrogens is 2. The first kappa shape index (κ1) is 11.9. The van der Waals surface area contributed by atoms with Crippen LogP contribution in [0.4, 0.5) is 0 Å². The van der Waals surface area contributed by atoms with Gasteiger partial charge in [0.05, 0.1) is 0 Å². The van der Waals surface area contributed by atoms with E-state index in [0.29, 0.717) is 0 Å². The number of hydrogen-bond donors (Lipinski definition) is 0. The lowest BCUT2D eigenvalue weighted by Crippen LogP contribution is -1.98. The van der Waals surface area contributed by atoms with E-state index < -0.39 is 0 Å². The smallest absolute Gasteiger partial charge is 0.167 e. The highest BCUT2D eigenvalue weighted by atomic mass is 35.5. The number of rotatable bonds is 6. The number of thioether (sulfide) groups is 1. The third-order valence-corrected chi connectivity index (χ3v) is 3.53. The van der Waals surface area contributed by atoms with Crippen molar-refractivity contribution in [3.05, 3.63) is 12.4 Å². The molecule has 1 aromatic rings. The van der Waals surface area contributed by atoms with Gasteiger partial charge in [-0.25, -0.2) is 4.98 Å². The molecule has 80 valence electrons. The summed E-state index contributed by atoms with van der Waals surface area (Å²) in [5.41, 5.74) is 0. The minimum absolute atomic E-state index is 0.722. The fraction of sp³-hybridized carbons (Fsp3) is 0.700. The van der Waals surface area contributed by atoms with Crippen molar-refractivity contribution in [2.75, 3.05) is 11.6 Å². The van der Waals surface area contributed by atoms with E-state index in [1.807, 2.05) is 31.2 Å². The van der Waals surface area contributed by atoms with E-state index >= 15 is 0 Å². The van der Waals surface area contributed by atoms with Gasteiger partial charge in [-0.3, -0.25) is 0 Å². The molecule has 1 unspecified atom stereocenters. The summed E-state index contributed by atoms with van der Waals surface area (Å²) >= 11 is 7.49. The van der Waals surface area contributed by atoms with Crippen LogP contribution in [-0.4, -0.2) is 21.2 Å². The van der Waals surface area contributed by atoms with Gasteiger partial charge in [-0.1, -0.05) is 18.7 Å². The first-order chi connectivity index (χ1) is 6.74. The average Bonchev–Trinajstić information content (AvgIpc) is 2.52. The zero-order valence-corrected chi connectivity index (χ0v) is 10.3. The predicted molar refractivity (Wildman–Crippen MR) is 63.1 cm³/mol. The Labute approximate surface area is 95.1 Å². The average molecular weight is 233 g/mol. The monoisotopic (exact) mass is 232 g/mol. The zero-order valence-electron chi connectivity index (χ0n) is 8.74. The topological polar surface area (TPSA) is 17.8 Å². The van der Waals surface area contributed by atoms with Crippen molar-refractivity contribution >= 4 is 23.4 Å². The van der Waals surface area contributed by atoms with Crippen molar-refractivity contribution < 1.29 is 0 Å². The number of hydrogen-bond acceptors (Lipinski definition) is 2. The molecule has 2 nitrogen and oxygen atoms in total. The van der Waals surface area contributed by atoms with E-state index in [-0.39, 0.29) is 0 Å². The van der Waals surface area contributed by atoms with Gasteiger partial charge in [-0.15, -0.1) is 11.6 Å². The number of imidazole rings is 1. The zero-order chi connectivity index (χ0) is 10.4. The lowest BCUT2D eigenvalue weighted by atomic mass is 10.1. The first-order valence-corrected chi connectivity index (χ1v) is 6.42. The molecule has 0 saturated carbocycles. The molecular weight excluding hydrogens is 216 g/mol. The van der Waals surface area contributed by atoms with Crippen molar-refractivity contribution in [1.29, 1.82) is 0 Å². The molecule has 0 bridgehead atoms. The number of halogens is 1. The van der Waals surface area contributed by atoms with Gasteiger partial charge in [-0.05, 0) is 18.8 Å². The van der Waals surface area contributed by atoms with Gasteiger partial charge >= 0.3 is 0 Å². The van der Waals surface area contributed by atoms with Crippen LogP contribution in [0.3, 0.4) is 0 Å². The fourth-order valence-electron chi connectivity index (χ4n) is 1.17. The first-order valence-electron chi connectivity index (χ1n) is 4.90. The number of aryl methyl sites for hydroxylation is 1. The lowest BCUT2D eigenvalue weighted by Gasteiger charge is -2.08. The van der Waals surface area contributed by atoms with Gasteiger partial charge in [0.1, 0.15) is 0 Å². The third kappa shape index (κ3) is 3.93. The number of alkyl halides is 1. The van der Waals surface area contributed by atoms with E-state index in [4.69, 9.17) is 11.6 Å². The van der Waals surface area contributed by atoms with Crippen LogP contribution in [0.25, 0.3) is 0 Å². The fourth-order valence-corrected chi connectivity index (χ4v) is 2.65. The molecule has 0 fully saturated rings. The van der Waals surface area contributed by atoms with Crippen LogP contribution in [0.1, 0.15) is 19.8 Å². The van der Waals surface area contributed by atoms with Gasteiger partial charge in [0, 0.05) is 31.1 Å². The van der Waals surface area contributed by atoms with Crippen molar-refractivity contribution in [2.24, 2.45) is 13.0 Å². The minimum Gasteiger partial charge on any atom is -0.329 e. The number of nitrogens with zero attached hydrogens (tertiary/aromatic N) is 2. The van der Waals surface area contributed by atoms with Gasteiger partial charge < -0.3 is 4.57 Å². The van der Waals surface area contributed by atoms with E-state index in [1.54, 1.807) is 0 Å². The van der Waals surface area contributed by atoms with Crippen molar-refractivity contribution in [1.82, 2.24) is 9.55 Å².